The van der Waals surface area contributed by atoms with Gasteiger partial charge in [-0.3, -0.25) is 4.79 Å². The molecule has 23 heavy (non-hydrogen) atoms. The molecule has 0 aromatic carbocycles. The zero-order valence-electron chi connectivity index (χ0n) is 14.3. The molecular weight excluding hydrogens is 298 g/mol. The van der Waals surface area contributed by atoms with Gasteiger partial charge in [-0.25, -0.2) is 4.79 Å². The number of rotatable bonds is 7. The number of ether oxygens (including phenoxy) is 3. The standard InChI is InChI=1S/C17H29NO5/c1-3-14-7-4-5-9-18(14)16(19)12-23-17(20)13(2)22-11-15-8-6-10-21-15/h13-15H,3-12H2,1-2H3. The molecule has 3 unspecified atom stereocenters. The third-order valence-electron chi connectivity index (χ3n) is 4.64. The molecule has 0 aliphatic carbocycles. The Kier molecular flexibility index (Phi) is 7.30. The Hall–Kier alpha value is -1.14. The highest BCUT2D eigenvalue weighted by Gasteiger charge is 2.27. The van der Waals surface area contributed by atoms with Crippen molar-refractivity contribution in [3.63, 3.8) is 0 Å². The van der Waals surface area contributed by atoms with E-state index in [1.807, 2.05) is 4.90 Å². The third-order valence-corrected chi connectivity index (χ3v) is 4.64. The van der Waals surface area contributed by atoms with E-state index in [4.69, 9.17) is 14.2 Å². The number of amides is 1. The first-order chi connectivity index (χ1) is 11.1. The maximum absolute atomic E-state index is 12.2. The van der Waals surface area contributed by atoms with Crippen LogP contribution in [-0.4, -0.2) is 61.4 Å². The Labute approximate surface area is 138 Å². The fraction of sp³-hybridized carbons (Fsp3) is 0.882. The maximum Gasteiger partial charge on any atom is 0.335 e. The molecule has 0 aromatic rings. The van der Waals surface area contributed by atoms with Crippen LogP contribution in [0.5, 0.6) is 0 Å². The minimum Gasteiger partial charge on any atom is -0.454 e. The Morgan fingerprint density at radius 1 is 1.26 bits per heavy atom. The van der Waals surface area contributed by atoms with Gasteiger partial charge < -0.3 is 19.1 Å². The maximum atomic E-state index is 12.2. The van der Waals surface area contributed by atoms with Crippen LogP contribution in [0.15, 0.2) is 0 Å². The van der Waals surface area contributed by atoms with Gasteiger partial charge in [0.2, 0.25) is 0 Å². The second-order valence-corrected chi connectivity index (χ2v) is 6.36. The lowest BCUT2D eigenvalue weighted by Gasteiger charge is -2.35. The summed E-state index contributed by atoms with van der Waals surface area (Å²) in [6.45, 7) is 5.47. The molecule has 0 spiro atoms. The van der Waals surface area contributed by atoms with Crippen molar-refractivity contribution in [1.82, 2.24) is 4.90 Å². The minimum absolute atomic E-state index is 0.0746. The van der Waals surface area contributed by atoms with Gasteiger partial charge in [0, 0.05) is 19.2 Å². The molecule has 2 aliphatic heterocycles. The number of nitrogens with zero attached hydrogens (tertiary/aromatic N) is 1. The fourth-order valence-electron chi connectivity index (χ4n) is 3.18. The van der Waals surface area contributed by atoms with Crippen LogP contribution in [0.2, 0.25) is 0 Å². The summed E-state index contributed by atoms with van der Waals surface area (Å²) in [6.07, 6.45) is 5.58. The van der Waals surface area contributed by atoms with Gasteiger partial charge in [-0.1, -0.05) is 6.92 Å². The number of esters is 1. The molecule has 6 heteroatoms. The van der Waals surface area contributed by atoms with Crippen molar-refractivity contribution in [2.75, 3.05) is 26.4 Å². The smallest absolute Gasteiger partial charge is 0.335 e. The molecule has 0 radical (unpaired) electrons. The summed E-state index contributed by atoms with van der Waals surface area (Å²) in [5.74, 6) is -0.586. The van der Waals surface area contributed by atoms with Crippen LogP contribution >= 0.6 is 0 Å². The summed E-state index contributed by atoms with van der Waals surface area (Å²) >= 11 is 0. The molecular formula is C17H29NO5. The first-order valence-electron chi connectivity index (χ1n) is 8.81. The summed E-state index contributed by atoms with van der Waals surface area (Å²) in [5, 5.41) is 0. The lowest BCUT2D eigenvalue weighted by molar-refractivity contribution is -0.163. The molecule has 2 saturated heterocycles. The number of carbonyl (C=O) groups is 2. The second-order valence-electron chi connectivity index (χ2n) is 6.36. The van der Waals surface area contributed by atoms with Gasteiger partial charge >= 0.3 is 5.97 Å². The van der Waals surface area contributed by atoms with E-state index in [0.29, 0.717) is 6.61 Å². The highest BCUT2D eigenvalue weighted by molar-refractivity contribution is 5.82. The van der Waals surface area contributed by atoms with E-state index in [1.165, 1.54) is 0 Å². The highest BCUT2D eigenvalue weighted by atomic mass is 16.6. The lowest BCUT2D eigenvalue weighted by atomic mass is 10.00. The van der Waals surface area contributed by atoms with E-state index in [2.05, 4.69) is 6.92 Å². The normalized spacial score (nSPS) is 26.1. The zero-order valence-corrected chi connectivity index (χ0v) is 14.3. The Morgan fingerprint density at radius 3 is 2.78 bits per heavy atom. The average molecular weight is 327 g/mol. The fourth-order valence-corrected chi connectivity index (χ4v) is 3.18. The SMILES string of the molecule is CCC1CCCCN1C(=O)COC(=O)C(C)OCC1CCCO1. The molecule has 3 atom stereocenters. The second kappa shape index (κ2) is 9.23. The van der Waals surface area contributed by atoms with Crippen molar-refractivity contribution in [1.29, 1.82) is 0 Å². The molecule has 2 fully saturated rings. The predicted octanol–water partition coefficient (Wildman–Crippen LogP) is 1.90. The van der Waals surface area contributed by atoms with Crippen LogP contribution in [0.4, 0.5) is 0 Å². The molecule has 0 saturated carbocycles. The van der Waals surface area contributed by atoms with Gasteiger partial charge in [-0.05, 0) is 45.4 Å². The summed E-state index contributed by atoms with van der Waals surface area (Å²) < 4.78 is 16.1. The first-order valence-corrected chi connectivity index (χ1v) is 8.81. The number of hydrogen-bond donors (Lipinski definition) is 0. The number of carbonyl (C=O) groups excluding carboxylic acids is 2. The Bertz CT molecular complexity index is 394. The van der Waals surface area contributed by atoms with Crippen molar-refractivity contribution in [3.8, 4) is 0 Å². The van der Waals surface area contributed by atoms with E-state index in [1.54, 1.807) is 6.92 Å². The van der Waals surface area contributed by atoms with Gasteiger partial charge in [-0.15, -0.1) is 0 Å². The third kappa shape index (κ3) is 5.46. The van der Waals surface area contributed by atoms with E-state index < -0.39 is 12.1 Å². The molecule has 2 rings (SSSR count). The summed E-state index contributed by atoms with van der Waals surface area (Å²) in [7, 11) is 0. The van der Waals surface area contributed by atoms with Crippen LogP contribution in [0.1, 0.15) is 52.4 Å². The van der Waals surface area contributed by atoms with Gasteiger partial charge in [0.25, 0.3) is 5.91 Å². The molecule has 0 N–H and O–H groups in total. The van der Waals surface area contributed by atoms with E-state index in [9.17, 15) is 9.59 Å². The van der Waals surface area contributed by atoms with Crippen LogP contribution in [0.25, 0.3) is 0 Å². The van der Waals surface area contributed by atoms with Crippen LogP contribution in [-0.2, 0) is 23.8 Å². The van der Waals surface area contributed by atoms with Crippen molar-refractivity contribution in [2.24, 2.45) is 0 Å². The monoisotopic (exact) mass is 327 g/mol. The number of hydrogen-bond acceptors (Lipinski definition) is 5. The molecule has 132 valence electrons. The van der Waals surface area contributed by atoms with E-state index in [0.717, 1.165) is 51.7 Å². The summed E-state index contributed by atoms with van der Waals surface area (Å²) in [6, 6.07) is 0.281. The molecule has 6 nitrogen and oxygen atoms in total. The van der Waals surface area contributed by atoms with Gasteiger partial charge in [0.1, 0.15) is 0 Å². The van der Waals surface area contributed by atoms with Crippen molar-refractivity contribution < 1.29 is 23.8 Å². The highest BCUT2D eigenvalue weighted by Crippen LogP contribution is 2.19. The molecule has 2 aliphatic rings. The number of likely N-dealkylation sites (tertiary alicyclic amines) is 1. The Morgan fingerprint density at radius 2 is 2.09 bits per heavy atom. The first kappa shape index (κ1) is 18.2. The summed E-state index contributed by atoms with van der Waals surface area (Å²) in [4.78, 5) is 26.0. The molecule has 2 heterocycles. The lowest BCUT2D eigenvalue weighted by Crippen LogP contribution is -2.45. The van der Waals surface area contributed by atoms with Crippen LogP contribution in [0.3, 0.4) is 0 Å². The average Bonchev–Trinajstić information content (AvgIpc) is 3.10. The van der Waals surface area contributed by atoms with Gasteiger partial charge in [0.05, 0.1) is 12.7 Å². The Balaban J connectivity index is 1.68. The predicted molar refractivity (Wildman–Crippen MR) is 85.0 cm³/mol. The van der Waals surface area contributed by atoms with Gasteiger partial charge in [0.15, 0.2) is 12.7 Å². The van der Waals surface area contributed by atoms with Crippen molar-refractivity contribution >= 4 is 11.9 Å². The number of piperidine rings is 1. The van der Waals surface area contributed by atoms with Crippen LogP contribution < -0.4 is 0 Å². The summed E-state index contributed by atoms with van der Waals surface area (Å²) in [5.41, 5.74) is 0. The van der Waals surface area contributed by atoms with Crippen molar-refractivity contribution in [3.05, 3.63) is 0 Å². The van der Waals surface area contributed by atoms with E-state index in [-0.39, 0.29) is 24.7 Å². The van der Waals surface area contributed by atoms with Crippen LogP contribution in [0, 0.1) is 0 Å². The molecule has 1 amide bonds. The molecule has 0 aromatic heterocycles. The zero-order chi connectivity index (χ0) is 16.7. The van der Waals surface area contributed by atoms with E-state index >= 15 is 0 Å². The minimum atomic E-state index is -0.671. The van der Waals surface area contributed by atoms with Gasteiger partial charge in [-0.2, -0.15) is 0 Å². The molecule has 0 bridgehead atoms. The topological polar surface area (TPSA) is 65.1 Å². The quantitative estimate of drug-likeness (QED) is 0.668. The largest absolute Gasteiger partial charge is 0.454 e. The van der Waals surface area contributed by atoms with Crippen molar-refractivity contribution in [2.45, 2.75) is 70.6 Å².